The second kappa shape index (κ2) is 9.29. The number of fused-ring (bicyclic) bond motifs is 1. The highest BCUT2D eigenvalue weighted by molar-refractivity contribution is 5.92. The molecule has 174 valence electrons. The Kier molecular flexibility index (Phi) is 6.05. The molecule has 1 amide bonds. The minimum Gasteiger partial charge on any atom is -0.355 e. The molecule has 1 aliphatic heterocycles. The molecule has 0 spiro atoms. The van der Waals surface area contributed by atoms with Crippen LogP contribution in [0.5, 0.6) is 0 Å². The van der Waals surface area contributed by atoms with Gasteiger partial charge in [-0.25, -0.2) is 9.50 Å². The molecule has 1 saturated heterocycles. The first-order valence-corrected chi connectivity index (χ1v) is 12.1. The second-order valence-electron chi connectivity index (χ2n) is 9.23. The minimum absolute atomic E-state index is 0.0113. The van der Waals surface area contributed by atoms with Crippen molar-refractivity contribution in [3.05, 3.63) is 77.6 Å². The van der Waals surface area contributed by atoms with Crippen molar-refractivity contribution in [1.82, 2.24) is 14.6 Å². The van der Waals surface area contributed by atoms with Crippen molar-refractivity contribution in [2.45, 2.75) is 40.0 Å². The highest BCUT2D eigenvalue weighted by atomic mass is 16.1. The van der Waals surface area contributed by atoms with E-state index in [0.29, 0.717) is 0 Å². The van der Waals surface area contributed by atoms with E-state index in [1.54, 1.807) is 6.20 Å². The topological polar surface area (TPSA) is 62.5 Å². The van der Waals surface area contributed by atoms with Crippen molar-refractivity contribution in [2.75, 3.05) is 23.3 Å². The lowest BCUT2D eigenvalue weighted by Gasteiger charge is -2.32. The van der Waals surface area contributed by atoms with Crippen LogP contribution in [0.15, 0.2) is 60.9 Å². The summed E-state index contributed by atoms with van der Waals surface area (Å²) in [5.41, 5.74) is 7.67. The van der Waals surface area contributed by atoms with Gasteiger partial charge >= 0.3 is 0 Å². The van der Waals surface area contributed by atoms with E-state index < -0.39 is 0 Å². The van der Waals surface area contributed by atoms with Crippen LogP contribution in [0.2, 0.25) is 0 Å². The van der Waals surface area contributed by atoms with Gasteiger partial charge in [-0.3, -0.25) is 4.79 Å². The standard InChI is InChI=1S/C28H31N5O/c1-4-21-7-9-23(10-8-21)30-28(34)22-11-14-32(15-12-22)27-26-18-25(31-33(26)16-13-29-27)24-17-19(2)5-6-20(24)3/h5-10,13,16-18,22H,4,11-12,14-15H2,1-3H3,(H,30,34). The molecule has 34 heavy (non-hydrogen) atoms. The van der Waals surface area contributed by atoms with Crippen molar-refractivity contribution < 1.29 is 4.79 Å². The number of carbonyl (C=O) groups is 1. The molecule has 0 saturated carbocycles. The zero-order chi connectivity index (χ0) is 23.7. The van der Waals surface area contributed by atoms with Crippen molar-refractivity contribution in [1.29, 1.82) is 0 Å². The zero-order valence-electron chi connectivity index (χ0n) is 20.1. The molecule has 3 heterocycles. The van der Waals surface area contributed by atoms with Gasteiger partial charge in [0, 0.05) is 42.7 Å². The number of aromatic nitrogens is 3. The molecule has 2 aromatic heterocycles. The van der Waals surface area contributed by atoms with Gasteiger partial charge in [0.05, 0.1) is 5.69 Å². The highest BCUT2D eigenvalue weighted by Crippen LogP contribution is 2.30. The highest BCUT2D eigenvalue weighted by Gasteiger charge is 2.27. The number of aryl methyl sites for hydroxylation is 3. The molecular formula is C28H31N5O. The fraction of sp³-hybridized carbons (Fsp3) is 0.321. The molecule has 0 aliphatic carbocycles. The van der Waals surface area contributed by atoms with Crippen LogP contribution >= 0.6 is 0 Å². The van der Waals surface area contributed by atoms with Gasteiger partial charge < -0.3 is 10.2 Å². The second-order valence-corrected chi connectivity index (χ2v) is 9.23. The fourth-order valence-corrected chi connectivity index (χ4v) is 4.72. The van der Waals surface area contributed by atoms with Gasteiger partial charge in [0.1, 0.15) is 5.52 Å². The summed E-state index contributed by atoms with van der Waals surface area (Å²) in [5.74, 6) is 1.05. The molecule has 5 rings (SSSR count). The number of carbonyl (C=O) groups excluding carboxylic acids is 1. The third-order valence-electron chi connectivity index (χ3n) is 6.83. The number of amides is 1. The van der Waals surface area contributed by atoms with Gasteiger partial charge in [-0.2, -0.15) is 5.10 Å². The molecule has 6 heteroatoms. The Morgan fingerprint density at radius 1 is 1.06 bits per heavy atom. The van der Waals surface area contributed by atoms with E-state index in [1.165, 1.54) is 16.7 Å². The Morgan fingerprint density at radius 2 is 1.82 bits per heavy atom. The Morgan fingerprint density at radius 3 is 2.56 bits per heavy atom. The van der Waals surface area contributed by atoms with Crippen molar-refractivity contribution in [3.63, 3.8) is 0 Å². The van der Waals surface area contributed by atoms with E-state index in [9.17, 15) is 4.79 Å². The number of hydrogen-bond acceptors (Lipinski definition) is 4. The first-order chi connectivity index (χ1) is 16.5. The van der Waals surface area contributed by atoms with Gasteiger partial charge in [-0.15, -0.1) is 0 Å². The van der Waals surface area contributed by atoms with E-state index in [2.05, 4.69) is 67.4 Å². The molecule has 1 fully saturated rings. The van der Waals surface area contributed by atoms with Crippen LogP contribution in [0.3, 0.4) is 0 Å². The summed E-state index contributed by atoms with van der Waals surface area (Å²) >= 11 is 0. The molecule has 6 nitrogen and oxygen atoms in total. The number of nitrogens with one attached hydrogen (secondary N) is 1. The number of rotatable bonds is 5. The number of piperidine rings is 1. The average Bonchev–Trinajstić information content (AvgIpc) is 3.30. The lowest BCUT2D eigenvalue weighted by Crippen LogP contribution is -2.38. The summed E-state index contributed by atoms with van der Waals surface area (Å²) in [6.07, 6.45) is 6.31. The molecule has 0 radical (unpaired) electrons. The first-order valence-electron chi connectivity index (χ1n) is 12.1. The van der Waals surface area contributed by atoms with Gasteiger partial charge in [0.25, 0.3) is 0 Å². The van der Waals surface area contributed by atoms with E-state index in [0.717, 1.165) is 60.6 Å². The summed E-state index contributed by atoms with van der Waals surface area (Å²) in [7, 11) is 0. The maximum atomic E-state index is 12.8. The smallest absolute Gasteiger partial charge is 0.227 e. The quantitative estimate of drug-likeness (QED) is 0.438. The van der Waals surface area contributed by atoms with E-state index >= 15 is 0 Å². The summed E-state index contributed by atoms with van der Waals surface area (Å²) in [6, 6.07) is 16.7. The van der Waals surface area contributed by atoms with Crippen molar-refractivity contribution in [3.8, 4) is 11.3 Å². The third kappa shape index (κ3) is 4.40. The molecular weight excluding hydrogens is 422 g/mol. The van der Waals surface area contributed by atoms with Gasteiger partial charge in [0.2, 0.25) is 5.91 Å². The number of anilines is 2. The molecule has 1 aliphatic rings. The van der Waals surface area contributed by atoms with Gasteiger partial charge in [-0.05, 0) is 68.5 Å². The number of benzene rings is 2. The lowest BCUT2D eigenvalue weighted by molar-refractivity contribution is -0.120. The van der Waals surface area contributed by atoms with Crippen LogP contribution in [0.4, 0.5) is 11.5 Å². The molecule has 1 N–H and O–H groups in total. The Balaban J connectivity index is 1.30. The van der Waals surface area contributed by atoms with Gasteiger partial charge in [-0.1, -0.05) is 36.8 Å². The van der Waals surface area contributed by atoms with Crippen molar-refractivity contribution >= 4 is 22.9 Å². The number of nitrogens with zero attached hydrogens (tertiary/aromatic N) is 4. The van der Waals surface area contributed by atoms with Crippen LogP contribution in [-0.2, 0) is 11.2 Å². The maximum absolute atomic E-state index is 12.8. The maximum Gasteiger partial charge on any atom is 0.227 e. The van der Waals surface area contributed by atoms with E-state index in [-0.39, 0.29) is 11.8 Å². The van der Waals surface area contributed by atoms with Crippen LogP contribution in [0.1, 0.15) is 36.5 Å². The fourth-order valence-electron chi connectivity index (χ4n) is 4.72. The van der Waals surface area contributed by atoms with Crippen molar-refractivity contribution in [2.24, 2.45) is 5.92 Å². The summed E-state index contributed by atoms with van der Waals surface area (Å²) in [4.78, 5) is 19.8. The van der Waals surface area contributed by atoms with Crippen LogP contribution < -0.4 is 10.2 Å². The monoisotopic (exact) mass is 453 g/mol. The normalized spacial score (nSPS) is 14.5. The predicted octanol–water partition coefficient (Wildman–Crippen LogP) is 5.43. The lowest BCUT2D eigenvalue weighted by atomic mass is 9.95. The minimum atomic E-state index is 0.0113. The van der Waals surface area contributed by atoms with Gasteiger partial charge in [0.15, 0.2) is 5.82 Å². The molecule has 0 unspecified atom stereocenters. The summed E-state index contributed by atoms with van der Waals surface area (Å²) in [6.45, 7) is 7.94. The molecule has 4 aromatic rings. The molecule has 0 atom stereocenters. The van der Waals surface area contributed by atoms with Crippen LogP contribution in [0, 0.1) is 19.8 Å². The van der Waals surface area contributed by atoms with E-state index in [1.807, 2.05) is 22.8 Å². The van der Waals surface area contributed by atoms with Crippen LogP contribution in [-0.4, -0.2) is 33.6 Å². The predicted molar refractivity (Wildman–Crippen MR) is 137 cm³/mol. The SMILES string of the molecule is CCc1ccc(NC(=O)C2CCN(c3nccn4nc(-c5cc(C)ccc5C)cc34)CC2)cc1. The Labute approximate surface area is 200 Å². The van der Waals surface area contributed by atoms with E-state index in [4.69, 9.17) is 10.1 Å². The average molecular weight is 454 g/mol. The summed E-state index contributed by atoms with van der Waals surface area (Å²) in [5, 5.41) is 7.92. The molecule has 2 aromatic carbocycles. The van der Waals surface area contributed by atoms with Crippen LogP contribution in [0.25, 0.3) is 16.8 Å². The summed E-state index contributed by atoms with van der Waals surface area (Å²) < 4.78 is 1.91. The Bertz CT molecular complexity index is 1320. The largest absolute Gasteiger partial charge is 0.355 e. The molecule has 0 bridgehead atoms. The zero-order valence-corrected chi connectivity index (χ0v) is 20.1. The third-order valence-corrected chi connectivity index (χ3v) is 6.83. The number of hydrogen-bond donors (Lipinski definition) is 1. The Hall–Kier alpha value is -3.67. The first kappa shape index (κ1) is 22.1.